The number of aliphatic hydroxyl groups excluding tert-OH is 1. The molecule has 0 saturated carbocycles. The molecule has 2 saturated heterocycles. The maximum absolute atomic E-state index is 11.7. The van der Waals surface area contributed by atoms with Crippen LogP contribution >= 0.6 is 7.82 Å². The van der Waals surface area contributed by atoms with Gasteiger partial charge in [-0.3, -0.25) is 15.0 Å². The van der Waals surface area contributed by atoms with Crippen LogP contribution in [0.15, 0.2) is 0 Å². The van der Waals surface area contributed by atoms with Crippen LogP contribution in [0.3, 0.4) is 0 Å². The van der Waals surface area contributed by atoms with E-state index in [-0.39, 0.29) is 72.1 Å². The molecule has 0 aliphatic carbocycles. The predicted molar refractivity (Wildman–Crippen MR) is 62.3 cm³/mol. The van der Waals surface area contributed by atoms with E-state index in [4.69, 9.17) is 4.74 Å². The van der Waals surface area contributed by atoms with E-state index < -0.39 is 50.7 Å². The third-order valence-corrected chi connectivity index (χ3v) is 3.82. The Morgan fingerprint density at radius 2 is 2.04 bits per heavy atom. The first-order valence-electron chi connectivity index (χ1n) is 6.29. The molecule has 4 atom stereocenters. The van der Waals surface area contributed by atoms with Crippen LogP contribution in [-0.4, -0.2) is 53.5 Å². The monoisotopic (exact) mass is 380 g/mol. The Kier molecular flexibility index (Phi) is 10.0. The van der Waals surface area contributed by atoms with E-state index in [1.54, 1.807) is 6.92 Å². The van der Waals surface area contributed by atoms with Gasteiger partial charge in [0.25, 0.3) is 0 Å². The number of imide groups is 1. The van der Waals surface area contributed by atoms with E-state index in [0.717, 1.165) is 0 Å². The van der Waals surface area contributed by atoms with Crippen molar-refractivity contribution < 1.29 is 97.4 Å². The summed E-state index contributed by atoms with van der Waals surface area (Å²) in [5, 5.41) is 11.9. The van der Waals surface area contributed by atoms with Crippen LogP contribution in [0.1, 0.15) is 13.3 Å². The van der Waals surface area contributed by atoms with Crippen molar-refractivity contribution in [1.82, 2.24) is 10.2 Å². The fraction of sp³-hybridized carbons (Fsp3) is 0.800. The number of ether oxygens (including phenoxy) is 1. The van der Waals surface area contributed by atoms with Gasteiger partial charge in [-0.1, -0.05) is 6.92 Å². The minimum atomic E-state index is -5.16. The molecule has 13 heteroatoms. The topological polar surface area (TPSA) is 151 Å². The summed E-state index contributed by atoms with van der Waals surface area (Å²) in [6.45, 7) is 1.13. The summed E-state index contributed by atoms with van der Waals surface area (Å²) in [5.41, 5.74) is 0. The van der Waals surface area contributed by atoms with Crippen LogP contribution in [0.25, 0.3) is 0 Å². The Bertz CT molecular complexity index is 489. The third kappa shape index (κ3) is 6.65. The minimum absolute atomic E-state index is 0. The standard InChI is InChI=1S/C10H17N2O8P.2Na/c1-5-3-12(10(15)11-9(5)14)8-2-6(13)7(20-8)4-19-21(16,17)18;;/h5-8,13H,2-4H2,1H3,(H,11,14,15)(H2,16,17,18);;/q;2*+1/p-2/t5?,6-,7?,8?;;/m0../s1/i1+1,2+1,3+1,4+1,5+1,6+1,7+1,8+1,9+1,10+1,11+1,12+1;;. The third-order valence-electron chi connectivity index (χ3n) is 3.36. The van der Waals surface area contributed by atoms with Crippen molar-refractivity contribution in [3.63, 3.8) is 0 Å². The molecule has 2 heterocycles. The summed E-state index contributed by atoms with van der Waals surface area (Å²) in [4.78, 5) is 45.1. The second kappa shape index (κ2) is 9.61. The normalized spacial score (nSPS) is 31.2. The second-order valence-corrected chi connectivity index (χ2v) is 6.18. The molecule has 0 aromatic heterocycles. The number of phosphoric acid groups is 1. The summed E-state index contributed by atoms with van der Waals surface area (Å²) in [6.07, 6.45) is -2.90. The van der Waals surface area contributed by atoms with Crippen molar-refractivity contribution in [3.8, 4) is 0 Å². The van der Waals surface area contributed by atoms with E-state index >= 15 is 0 Å². The molecule has 2 N–H and O–H groups in total. The van der Waals surface area contributed by atoms with E-state index in [1.165, 1.54) is 4.90 Å². The van der Waals surface area contributed by atoms with Crippen LogP contribution in [0.4, 0.5) is 4.79 Å². The number of carbonyl (C=O) groups excluding carboxylic acids is 2. The SMILES string of the molecule is [13CH3][13CH]1[13CH2][15N]([13CH]2[13CH2][13C@H](O)[13CH]([13CH2]OP(=O)([O-])[O-])O2)[13C](=O)[15NH][13C]1=O.[Na+].[Na+]. The minimum Gasteiger partial charge on any atom is -0.790 e. The van der Waals surface area contributed by atoms with E-state index in [0.29, 0.717) is 0 Å². The van der Waals surface area contributed by atoms with Gasteiger partial charge in [0.1, 0.15) is 12.3 Å². The molecule has 0 radical (unpaired) electrons. The quantitative estimate of drug-likeness (QED) is 0.211. The number of phosphoric ester groups is 1. The van der Waals surface area contributed by atoms with Crippen molar-refractivity contribution in [3.05, 3.63) is 0 Å². The predicted octanol–water partition coefficient (Wildman–Crippen LogP) is -8.50. The molecular formula is C10H15N2Na2O8P. The molecule has 0 aromatic rings. The van der Waals surface area contributed by atoms with Crippen molar-refractivity contribution in [1.29, 1.82) is 0 Å². The number of hydrogen-bond acceptors (Lipinski definition) is 8. The number of carbonyl (C=O) groups is 2. The molecule has 120 valence electrons. The molecule has 2 fully saturated rings. The summed E-state index contributed by atoms with van der Waals surface area (Å²) >= 11 is 0. The fourth-order valence-electron chi connectivity index (χ4n) is 2.23. The molecule has 2 aliphatic heterocycles. The van der Waals surface area contributed by atoms with Gasteiger partial charge in [-0.25, -0.2) is 4.79 Å². The van der Waals surface area contributed by atoms with Gasteiger partial charge in [-0.2, -0.15) is 0 Å². The number of amides is 3. The van der Waals surface area contributed by atoms with E-state index in [2.05, 4.69) is 9.84 Å². The van der Waals surface area contributed by atoms with Crippen molar-refractivity contribution >= 4 is 19.8 Å². The van der Waals surface area contributed by atoms with Gasteiger partial charge in [-0.15, -0.1) is 0 Å². The van der Waals surface area contributed by atoms with Crippen molar-refractivity contribution in [2.45, 2.75) is 31.8 Å². The molecule has 10 nitrogen and oxygen atoms in total. The van der Waals surface area contributed by atoms with Gasteiger partial charge in [0.15, 0.2) is 0 Å². The second-order valence-electron chi connectivity index (χ2n) is 5.02. The number of urea groups is 1. The smallest absolute Gasteiger partial charge is 0.790 e. The summed E-state index contributed by atoms with van der Waals surface area (Å²) in [7, 11) is -5.16. The molecule has 3 amide bonds. The zero-order valence-electron chi connectivity index (χ0n) is 13.1. The van der Waals surface area contributed by atoms with Crippen LogP contribution in [0.5, 0.6) is 0 Å². The molecule has 2 rings (SSSR count). The van der Waals surface area contributed by atoms with Crippen molar-refractivity contribution in [2.24, 2.45) is 5.92 Å². The summed E-state index contributed by atoms with van der Waals surface area (Å²) < 4.78 is 19.8. The number of hydrogen-bond donors (Lipinski definition) is 2. The Balaban J connectivity index is 0.00000242. The molecule has 3 unspecified atom stereocenters. The first kappa shape index (κ1) is 24.0. The molecule has 0 aromatic carbocycles. The Labute approximate surface area is 177 Å². The van der Waals surface area contributed by atoms with Gasteiger partial charge >= 0.3 is 65.1 Å². The van der Waals surface area contributed by atoms with Gasteiger partial charge in [-0.05, 0) is 0 Å². The zero-order valence-corrected chi connectivity index (χ0v) is 18.0. The Morgan fingerprint density at radius 3 is 2.61 bits per heavy atom. The van der Waals surface area contributed by atoms with Crippen LogP contribution < -0.4 is 74.2 Å². The van der Waals surface area contributed by atoms with Crippen molar-refractivity contribution in [2.75, 3.05) is 13.2 Å². The number of aliphatic hydroxyl groups is 1. The number of nitrogens with zero attached hydrogens (tertiary/aromatic N) is 1. The molecule has 0 bridgehead atoms. The summed E-state index contributed by atoms with van der Waals surface area (Å²) in [5.74, 6) is -0.824. The van der Waals surface area contributed by atoms with E-state index in [1.807, 2.05) is 0 Å². The average Bonchev–Trinajstić information content (AvgIpc) is 2.72. The Hall–Kier alpha value is 0.970. The van der Waals surface area contributed by atoms with Gasteiger partial charge in [0.05, 0.1) is 26.5 Å². The van der Waals surface area contributed by atoms with Crippen LogP contribution in [-0.2, 0) is 18.6 Å². The molecular weight excluding hydrogens is 365 g/mol. The molecule has 23 heavy (non-hydrogen) atoms. The first-order chi connectivity index (χ1) is 9.67. The maximum Gasteiger partial charge on any atom is 1.00 e. The summed E-state index contributed by atoms with van der Waals surface area (Å²) in [6, 6.07) is -0.643. The molecule has 2 aliphatic rings. The van der Waals surface area contributed by atoms with Gasteiger partial charge in [0.2, 0.25) is 5.91 Å². The molecule has 0 spiro atoms. The zero-order chi connectivity index (χ0) is 15.8. The van der Waals surface area contributed by atoms with Crippen LogP contribution in [0.2, 0.25) is 0 Å². The first-order valence-corrected chi connectivity index (χ1v) is 7.75. The average molecular weight is 380 g/mol. The maximum atomic E-state index is 11.7. The fourth-order valence-corrected chi connectivity index (χ4v) is 2.56. The number of nitrogens with one attached hydrogen (secondary N) is 1. The largest absolute Gasteiger partial charge is 1.00 e. The van der Waals surface area contributed by atoms with Gasteiger partial charge < -0.3 is 28.7 Å². The van der Waals surface area contributed by atoms with Gasteiger partial charge in [0, 0.05) is 13.0 Å². The number of rotatable bonds is 4. The van der Waals surface area contributed by atoms with Crippen LogP contribution in [0, 0.1) is 5.92 Å². The Morgan fingerprint density at radius 1 is 1.43 bits per heavy atom. The van der Waals surface area contributed by atoms with E-state index in [9.17, 15) is 29.0 Å².